The molecule has 0 aliphatic heterocycles. The van der Waals surface area contributed by atoms with Crippen LogP contribution in [0.5, 0.6) is 0 Å². The predicted molar refractivity (Wildman–Crippen MR) is 60.6 cm³/mol. The van der Waals surface area contributed by atoms with Gasteiger partial charge in [0, 0.05) is 17.8 Å². The zero-order chi connectivity index (χ0) is 10.8. The summed E-state index contributed by atoms with van der Waals surface area (Å²) in [5, 5.41) is 3.43. The lowest BCUT2D eigenvalue weighted by atomic mass is 10.1. The summed E-state index contributed by atoms with van der Waals surface area (Å²) in [4.78, 5) is 0. The summed E-state index contributed by atoms with van der Waals surface area (Å²) in [6.07, 6.45) is 3.26. The highest BCUT2D eigenvalue weighted by Crippen LogP contribution is 2.24. The lowest BCUT2D eigenvalue weighted by molar-refractivity contribution is 0.625. The van der Waals surface area contributed by atoms with Crippen LogP contribution in [0.1, 0.15) is 19.3 Å². The second kappa shape index (κ2) is 4.37. The van der Waals surface area contributed by atoms with Crippen LogP contribution in [0.25, 0.3) is 0 Å². The molecule has 1 aliphatic carbocycles. The van der Waals surface area contributed by atoms with Crippen LogP contribution < -0.4 is 11.1 Å². The van der Waals surface area contributed by atoms with Crippen molar-refractivity contribution >= 4 is 17.3 Å². The van der Waals surface area contributed by atoms with Crippen LogP contribution in [0.15, 0.2) is 18.2 Å². The summed E-state index contributed by atoms with van der Waals surface area (Å²) in [5.41, 5.74) is 6.76. The molecule has 1 fully saturated rings. The molecule has 0 saturated heterocycles. The Hall–Kier alpha value is -0.800. The standard InChI is InChI=1S/C11H14ClFN2/c12-8-6-7(4-5-9(8)13)15-11-3-1-2-10(11)14/h4-6,10-11,15H,1-3,14H2. The molecule has 2 atom stereocenters. The van der Waals surface area contributed by atoms with Gasteiger partial charge in [0.2, 0.25) is 0 Å². The monoisotopic (exact) mass is 228 g/mol. The molecule has 15 heavy (non-hydrogen) atoms. The van der Waals surface area contributed by atoms with Gasteiger partial charge in [-0.25, -0.2) is 4.39 Å². The highest BCUT2D eigenvalue weighted by molar-refractivity contribution is 6.31. The fourth-order valence-corrected chi connectivity index (χ4v) is 2.15. The lowest BCUT2D eigenvalue weighted by Gasteiger charge is -2.18. The maximum Gasteiger partial charge on any atom is 0.141 e. The minimum absolute atomic E-state index is 0.145. The molecular formula is C11H14ClFN2. The maximum absolute atomic E-state index is 12.9. The van der Waals surface area contributed by atoms with Crippen LogP contribution in [-0.4, -0.2) is 12.1 Å². The van der Waals surface area contributed by atoms with Crippen LogP contribution >= 0.6 is 11.6 Å². The highest BCUT2D eigenvalue weighted by Gasteiger charge is 2.23. The zero-order valence-electron chi connectivity index (χ0n) is 8.34. The van der Waals surface area contributed by atoms with Crippen LogP contribution in [0, 0.1) is 5.82 Å². The second-order valence-electron chi connectivity index (χ2n) is 3.97. The second-order valence-corrected chi connectivity index (χ2v) is 4.38. The Labute approximate surface area is 93.6 Å². The maximum atomic E-state index is 12.9. The van der Waals surface area contributed by atoms with Gasteiger partial charge in [-0.05, 0) is 37.5 Å². The summed E-state index contributed by atoms with van der Waals surface area (Å²) in [7, 11) is 0. The summed E-state index contributed by atoms with van der Waals surface area (Å²) in [6.45, 7) is 0. The van der Waals surface area contributed by atoms with Crippen molar-refractivity contribution in [2.45, 2.75) is 31.3 Å². The van der Waals surface area contributed by atoms with E-state index in [1.54, 1.807) is 12.1 Å². The van der Waals surface area contributed by atoms with E-state index in [4.69, 9.17) is 17.3 Å². The molecule has 1 saturated carbocycles. The van der Waals surface area contributed by atoms with Crippen molar-refractivity contribution in [3.63, 3.8) is 0 Å². The van der Waals surface area contributed by atoms with Gasteiger partial charge in [-0.2, -0.15) is 0 Å². The van der Waals surface area contributed by atoms with Crippen molar-refractivity contribution in [1.82, 2.24) is 0 Å². The first-order valence-corrected chi connectivity index (χ1v) is 5.52. The third kappa shape index (κ3) is 2.41. The average molecular weight is 229 g/mol. The molecule has 0 spiro atoms. The molecule has 0 amide bonds. The van der Waals surface area contributed by atoms with Gasteiger partial charge in [-0.3, -0.25) is 0 Å². The van der Waals surface area contributed by atoms with Crippen molar-refractivity contribution in [2.75, 3.05) is 5.32 Å². The Morgan fingerprint density at radius 3 is 2.80 bits per heavy atom. The predicted octanol–water partition coefficient (Wildman–Crippen LogP) is 2.77. The molecule has 0 aromatic heterocycles. The molecule has 2 rings (SSSR count). The molecule has 4 heteroatoms. The number of nitrogens with one attached hydrogen (secondary N) is 1. The van der Waals surface area contributed by atoms with E-state index >= 15 is 0 Å². The first-order chi connectivity index (χ1) is 7.16. The van der Waals surface area contributed by atoms with Gasteiger partial charge < -0.3 is 11.1 Å². The van der Waals surface area contributed by atoms with Crippen molar-refractivity contribution in [1.29, 1.82) is 0 Å². The largest absolute Gasteiger partial charge is 0.381 e. The van der Waals surface area contributed by atoms with Gasteiger partial charge in [0.15, 0.2) is 0 Å². The summed E-state index contributed by atoms with van der Waals surface area (Å²) < 4.78 is 12.9. The van der Waals surface area contributed by atoms with Crippen LogP contribution in [0.3, 0.4) is 0 Å². The number of halogens is 2. The van der Waals surface area contributed by atoms with E-state index in [0.717, 1.165) is 24.9 Å². The summed E-state index contributed by atoms with van der Waals surface area (Å²) >= 11 is 5.69. The normalized spacial score (nSPS) is 25.5. The molecule has 1 aromatic rings. The molecule has 0 bridgehead atoms. The van der Waals surface area contributed by atoms with Gasteiger partial charge in [0.25, 0.3) is 0 Å². The Balaban J connectivity index is 2.07. The fraction of sp³-hybridized carbons (Fsp3) is 0.455. The number of rotatable bonds is 2. The third-order valence-corrected chi connectivity index (χ3v) is 3.13. The van der Waals surface area contributed by atoms with Gasteiger partial charge >= 0.3 is 0 Å². The number of hydrogen-bond donors (Lipinski definition) is 2. The molecule has 3 N–H and O–H groups in total. The quantitative estimate of drug-likeness (QED) is 0.817. The Kier molecular flexibility index (Phi) is 3.12. The van der Waals surface area contributed by atoms with Crippen molar-refractivity contribution in [3.05, 3.63) is 29.0 Å². The Bertz CT molecular complexity index is 356. The van der Waals surface area contributed by atoms with Crippen LogP contribution in [0.4, 0.5) is 10.1 Å². The topological polar surface area (TPSA) is 38.0 Å². The van der Waals surface area contributed by atoms with E-state index in [-0.39, 0.29) is 17.1 Å². The van der Waals surface area contributed by atoms with Gasteiger partial charge in [-0.15, -0.1) is 0 Å². The minimum atomic E-state index is -0.391. The first kappa shape index (κ1) is 10.7. The molecule has 2 unspecified atom stereocenters. The number of hydrogen-bond acceptors (Lipinski definition) is 2. The van der Waals surface area contributed by atoms with Crippen LogP contribution in [0.2, 0.25) is 5.02 Å². The highest BCUT2D eigenvalue weighted by atomic mass is 35.5. The molecular weight excluding hydrogens is 215 g/mol. The molecule has 82 valence electrons. The van der Waals surface area contributed by atoms with E-state index in [2.05, 4.69) is 5.32 Å². The molecule has 1 aliphatic rings. The number of nitrogens with two attached hydrogens (primary N) is 1. The van der Waals surface area contributed by atoms with Gasteiger partial charge in [0.05, 0.1) is 5.02 Å². The van der Waals surface area contributed by atoms with Crippen molar-refractivity contribution < 1.29 is 4.39 Å². The van der Waals surface area contributed by atoms with E-state index in [1.165, 1.54) is 6.07 Å². The summed E-state index contributed by atoms with van der Waals surface area (Å²) in [5.74, 6) is -0.391. The lowest BCUT2D eigenvalue weighted by Crippen LogP contribution is -2.35. The van der Waals surface area contributed by atoms with E-state index in [9.17, 15) is 4.39 Å². The Morgan fingerprint density at radius 1 is 1.40 bits per heavy atom. The van der Waals surface area contributed by atoms with E-state index in [1.807, 2.05) is 0 Å². The average Bonchev–Trinajstić information content (AvgIpc) is 2.59. The minimum Gasteiger partial charge on any atom is -0.381 e. The van der Waals surface area contributed by atoms with Gasteiger partial charge in [0.1, 0.15) is 5.82 Å². The molecule has 1 aromatic carbocycles. The van der Waals surface area contributed by atoms with E-state index in [0.29, 0.717) is 0 Å². The molecule has 2 nitrogen and oxygen atoms in total. The fourth-order valence-electron chi connectivity index (χ4n) is 1.97. The third-order valence-electron chi connectivity index (χ3n) is 2.84. The smallest absolute Gasteiger partial charge is 0.141 e. The van der Waals surface area contributed by atoms with Gasteiger partial charge in [-0.1, -0.05) is 11.6 Å². The van der Waals surface area contributed by atoms with E-state index < -0.39 is 5.82 Å². The van der Waals surface area contributed by atoms with Crippen molar-refractivity contribution in [3.8, 4) is 0 Å². The van der Waals surface area contributed by atoms with Crippen LogP contribution in [-0.2, 0) is 0 Å². The Morgan fingerprint density at radius 2 is 2.20 bits per heavy atom. The molecule has 0 heterocycles. The molecule has 0 radical (unpaired) electrons. The summed E-state index contributed by atoms with van der Waals surface area (Å²) in [6, 6.07) is 5.12. The zero-order valence-corrected chi connectivity index (χ0v) is 9.10. The number of anilines is 1. The SMILES string of the molecule is NC1CCCC1Nc1ccc(F)c(Cl)c1. The number of benzene rings is 1. The first-order valence-electron chi connectivity index (χ1n) is 5.14. The van der Waals surface area contributed by atoms with Crippen molar-refractivity contribution in [2.24, 2.45) is 5.73 Å².